The molecule has 0 spiro atoms. The lowest BCUT2D eigenvalue weighted by Gasteiger charge is -2.38. The standard InChI is InChI=1S/C26H23NO4/c1-15(28)30-18-11-12-22(24(14-18)31-16(2)29)26-21-9-5-8-20(21)25-19-7-4-3-6-17(19)10-13-23(25)27-26/h3-8,10-14,20-21,26-27H,9H2,1-2H3/t20-,21-,26-/m0/s1. The maximum absolute atomic E-state index is 11.8. The maximum atomic E-state index is 11.8. The number of hydrogen-bond donors (Lipinski definition) is 1. The van der Waals surface area contributed by atoms with Gasteiger partial charge in [-0.1, -0.05) is 42.5 Å². The van der Waals surface area contributed by atoms with Crippen LogP contribution in [-0.4, -0.2) is 11.9 Å². The van der Waals surface area contributed by atoms with E-state index in [0.29, 0.717) is 11.5 Å². The van der Waals surface area contributed by atoms with Crippen molar-refractivity contribution in [2.75, 3.05) is 5.32 Å². The van der Waals surface area contributed by atoms with Crippen LogP contribution in [-0.2, 0) is 9.59 Å². The largest absolute Gasteiger partial charge is 0.427 e. The fourth-order valence-electron chi connectivity index (χ4n) is 4.93. The van der Waals surface area contributed by atoms with Gasteiger partial charge in [-0.05, 0) is 46.9 Å². The van der Waals surface area contributed by atoms with Crippen LogP contribution in [0.1, 0.15) is 43.4 Å². The van der Waals surface area contributed by atoms with E-state index in [2.05, 4.69) is 53.9 Å². The topological polar surface area (TPSA) is 64.6 Å². The van der Waals surface area contributed by atoms with E-state index in [4.69, 9.17) is 9.47 Å². The van der Waals surface area contributed by atoms with Crippen LogP contribution in [0.5, 0.6) is 11.5 Å². The number of fused-ring (bicyclic) bond motifs is 5. The van der Waals surface area contributed by atoms with Crippen LogP contribution in [0, 0.1) is 5.92 Å². The quantitative estimate of drug-likeness (QED) is 0.348. The first-order valence-corrected chi connectivity index (χ1v) is 10.5. The van der Waals surface area contributed by atoms with E-state index < -0.39 is 11.9 Å². The minimum atomic E-state index is -0.418. The van der Waals surface area contributed by atoms with E-state index in [1.54, 1.807) is 12.1 Å². The SMILES string of the molecule is CC(=O)Oc1ccc([C@H]2Nc3ccc4ccccc4c3[C@H]3C=CC[C@@H]32)c(OC(C)=O)c1. The third kappa shape index (κ3) is 3.46. The molecule has 2 aliphatic rings. The minimum Gasteiger partial charge on any atom is -0.427 e. The molecule has 5 nitrogen and oxygen atoms in total. The Bertz CT molecular complexity index is 1230. The van der Waals surface area contributed by atoms with Crippen molar-refractivity contribution < 1.29 is 19.1 Å². The fraction of sp³-hybridized carbons (Fsp3) is 0.231. The van der Waals surface area contributed by atoms with Crippen molar-refractivity contribution in [2.24, 2.45) is 5.92 Å². The van der Waals surface area contributed by atoms with E-state index >= 15 is 0 Å². The summed E-state index contributed by atoms with van der Waals surface area (Å²) in [6.45, 7) is 2.72. The molecule has 31 heavy (non-hydrogen) atoms. The van der Waals surface area contributed by atoms with Gasteiger partial charge in [0.25, 0.3) is 0 Å². The Morgan fingerprint density at radius 2 is 1.77 bits per heavy atom. The summed E-state index contributed by atoms with van der Waals surface area (Å²) in [5, 5.41) is 6.20. The number of nitrogens with one attached hydrogen (secondary N) is 1. The smallest absolute Gasteiger partial charge is 0.308 e. The summed E-state index contributed by atoms with van der Waals surface area (Å²) in [6.07, 6.45) is 5.46. The molecule has 1 aliphatic heterocycles. The monoisotopic (exact) mass is 413 g/mol. The normalized spacial score (nSPS) is 21.2. The number of hydrogen-bond acceptors (Lipinski definition) is 5. The fourth-order valence-corrected chi connectivity index (χ4v) is 4.93. The zero-order chi connectivity index (χ0) is 21.5. The van der Waals surface area contributed by atoms with Crippen molar-refractivity contribution in [1.82, 2.24) is 0 Å². The molecule has 3 atom stereocenters. The Morgan fingerprint density at radius 1 is 0.968 bits per heavy atom. The van der Waals surface area contributed by atoms with Crippen molar-refractivity contribution in [2.45, 2.75) is 32.2 Å². The third-order valence-electron chi connectivity index (χ3n) is 6.09. The van der Waals surface area contributed by atoms with Gasteiger partial charge in [0.05, 0.1) is 6.04 Å². The molecule has 1 heterocycles. The molecule has 0 saturated carbocycles. The Labute approximate surface area is 180 Å². The van der Waals surface area contributed by atoms with Crippen molar-refractivity contribution in [3.63, 3.8) is 0 Å². The first kappa shape index (κ1) is 19.4. The predicted octanol–water partition coefficient (Wildman–Crippen LogP) is 5.52. The van der Waals surface area contributed by atoms with Crippen molar-refractivity contribution in [3.05, 3.63) is 77.9 Å². The van der Waals surface area contributed by atoms with Gasteiger partial charge in [-0.2, -0.15) is 0 Å². The highest BCUT2D eigenvalue weighted by atomic mass is 16.5. The van der Waals surface area contributed by atoms with Gasteiger partial charge < -0.3 is 14.8 Å². The highest BCUT2D eigenvalue weighted by Gasteiger charge is 2.40. The summed E-state index contributed by atoms with van der Waals surface area (Å²) in [7, 11) is 0. The van der Waals surface area contributed by atoms with Crippen molar-refractivity contribution in [3.8, 4) is 11.5 Å². The van der Waals surface area contributed by atoms with E-state index in [-0.39, 0.29) is 17.9 Å². The number of anilines is 1. The highest BCUT2D eigenvalue weighted by Crippen LogP contribution is 2.53. The van der Waals surface area contributed by atoms with Crippen LogP contribution in [0.4, 0.5) is 5.69 Å². The summed E-state index contributed by atoms with van der Waals surface area (Å²) >= 11 is 0. The number of esters is 2. The van der Waals surface area contributed by atoms with E-state index in [0.717, 1.165) is 17.7 Å². The average molecular weight is 413 g/mol. The second-order valence-corrected chi connectivity index (χ2v) is 8.11. The van der Waals surface area contributed by atoms with Gasteiger partial charge in [0.1, 0.15) is 11.5 Å². The molecular weight excluding hydrogens is 390 g/mol. The second kappa shape index (κ2) is 7.58. The van der Waals surface area contributed by atoms with Gasteiger partial charge in [0, 0.05) is 37.1 Å². The Hall–Kier alpha value is -3.60. The summed E-state index contributed by atoms with van der Waals surface area (Å²) in [4.78, 5) is 23.2. The van der Waals surface area contributed by atoms with Crippen molar-refractivity contribution in [1.29, 1.82) is 0 Å². The summed E-state index contributed by atoms with van der Waals surface area (Å²) < 4.78 is 10.7. The molecule has 3 aromatic rings. The van der Waals surface area contributed by atoms with Crippen LogP contribution >= 0.6 is 0 Å². The average Bonchev–Trinajstić information content (AvgIpc) is 3.22. The van der Waals surface area contributed by atoms with Crippen LogP contribution in [0.3, 0.4) is 0 Å². The number of carbonyl (C=O) groups excluding carboxylic acids is 2. The molecule has 156 valence electrons. The molecule has 0 radical (unpaired) electrons. The molecule has 0 bridgehead atoms. The zero-order valence-electron chi connectivity index (χ0n) is 17.4. The van der Waals surface area contributed by atoms with Gasteiger partial charge >= 0.3 is 11.9 Å². The van der Waals surface area contributed by atoms with Gasteiger partial charge in [-0.3, -0.25) is 9.59 Å². The van der Waals surface area contributed by atoms with E-state index in [1.165, 1.54) is 30.2 Å². The number of ether oxygens (including phenoxy) is 2. The molecule has 3 aromatic carbocycles. The molecule has 5 heteroatoms. The van der Waals surface area contributed by atoms with Crippen LogP contribution in [0.2, 0.25) is 0 Å². The molecule has 5 rings (SSSR count). The lowest BCUT2D eigenvalue weighted by Crippen LogP contribution is -2.29. The number of allylic oxidation sites excluding steroid dienone is 2. The van der Waals surface area contributed by atoms with Crippen LogP contribution in [0.15, 0.2) is 66.7 Å². The lowest BCUT2D eigenvalue weighted by molar-refractivity contribution is -0.132. The van der Waals surface area contributed by atoms with Gasteiger partial charge in [-0.15, -0.1) is 0 Å². The molecule has 1 aliphatic carbocycles. The third-order valence-corrected chi connectivity index (χ3v) is 6.09. The molecule has 0 saturated heterocycles. The zero-order valence-corrected chi connectivity index (χ0v) is 17.4. The molecule has 0 amide bonds. The van der Waals surface area contributed by atoms with E-state index in [9.17, 15) is 9.59 Å². The number of benzene rings is 3. The van der Waals surface area contributed by atoms with Gasteiger partial charge in [-0.25, -0.2) is 0 Å². The molecule has 0 fully saturated rings. The molecule has 0 aromatic heterocycles. The minimum absolute atomic E-state index is 0.0469. The lowest BCUT2D eigenvalue weighted by atomic mass is 9.75. The molecular formula is C26H23NO4. The molecule has 0 unspecified atom stereocenters. The highest BCUT2D eigenvalue weighted by molar-refractivity contribution is 5.92. The first-order chi connectivity index (χ1) is 15.0. The maximum Gasteiger partial charge on any atom is 0.308 e. The van der Waals surface area contributed by atoms with Crippen LogP contribution < -0.4 is 14.8 Å². The predicted molar refractivity (Wildman–Crippen MR) is 119 cm³/mol. The molecule has 1 N–H and O–H groups in total. The summed E-state index contributed by atoms with van der Waals surface area (Å²) in [5.41, 5.74) is 3.29. The Kier molecular flexibility index (Phi) is 4.74. The van der Waals surface area contributed by atoms with Gasteiger partial charge in [0.2, 0.25) is 0 Å². The number of carbonyl (C=O) groups is 2. The van der Waals surface area contributed by atoms with Crippen molar-refractivity contribution >= 4 is 28.4 Å². The van der Waals surface area contributed by atoms with Crippen LogP contribution in [0.25, 0.3) is 10.8 Å². The van der Waals surface area contributed by atoms with E-state index in [1.807, 2.05) is 6.07 Å². The second-order valence-electron chi connectivity index (χ2n) is 8.11. The number of rotatable bonds is 3. The first-order valence-electron chi connectivity index (χ1n) is 10.5. The summed E-state index contributed by atoms with van der Waals surface area (Å²) in [5.74, 6) is 0.495. The van der Waals surface area contributed by atoms with Gasteiger partial charge in [0.15, 0.2) is 0 Å². The summed E-state index contributed by atoms with van der Waals surface area (Å²) in [6, 6.07) is 17.9. The Balaban J connectivity index is 1.61. The Morgan fingerprint density at radius 3 is 2.58 bits per heavy atom.